The van der Waals surface area contributed by atoms with E-state index in [1.807, 2.05) is 55.5 Å². The number of para-hydroxylation sites is 1. The number of rotatable bonds is 2. The summed E-state index contributed by atoms with van der Waals surface area (Å²) in [6.45, 7) is 2.36. The van der Waals surface area contributed by atoms with Crippen LogP contribution in [0.3, 0.4) is 0 Å². The first-order valence-corrected chi connectivity index (χ1v) is 6.37. The Morgan fingerprint density at radius 1 is 1.16 bits per heavy atom. The Kier molecular flexibility index (Phi) is 3.13. The summed E-state index contributed by atoms with van der Waals surface area (Å²) in [6, 6.07) is 15.3. The first-order chi connectivity index (χ1) is 9.24. The smallest absolute Gasteiger partial charge is 0.163 e. The molecule has 1 aliphatic heterocycles. The molecule has 98 valence electrons. The van der Waals surface area contributed by atoms with Crippen molar-refractivity contribution in [3.05, 3.63) is 59.7 Å². The van der Waals surface area contributed by atoms with Gasteiger partial charge < -0.3 is 14.6 Å². The fraction of sp³-hybridized carbons (Fsp3) is 0.250. The molecule has 3 heteroatoms. The molecule has 1 aliphatic rings. The molecule has 2 aromatic rings. The van der Waals surface area contributed by atoms with Gasteiger partial charge in [0, 0.05) is 5.56 Å². The van der Waals surface area contributed by atoms with Crippen molar-refractivity contribution in [3.8, 4) is 11.5 Å². The number of hydrogen-bond donors (Lipinski definition) is 1. The predicted octanol–water partition coefficient (Wildman–Crippen LogP) is 2.87. The van der Waals surface area contributed by atoms with Gasteiger partial charge in [-0.3, -0.25) is 0 Å². The Morgan fingerprint density at radius 3 is 2.84 bits per heavy atom. The molecular formula is C16H16O3. The number of aryl methyl sites for hydroxylation is 1. The Balaban J connectivity index is 1.81. The Bertz CT molecular complexity index is 580. The monoisotopic (exact) mass is 256 g/mol. The molecule has 0 fully saturated rings. The molecule has 1 N–H and O–H groups in total. The van der Waals surface area contributed by atoms with Gasteiger partial charge in [-0.25, -0.2) is 0 Å². The van der Waals surface area contributed by atoms with Gasteiger partial charge in [0.15, 0.2) is 6.10 Å². The van der Waals surface area contributed by atoms with Crippen molar-refractivity contribution < 1.29 is 14.6 Å². The average molecular weight is 256 g/mol. The molecule has 3 nitrogen and oxygen atoms in total. The lowest BCUT2D eigenvalue weighted by Gasteiger charge is -2.30. The number of aliphatic hydroxyl groups is 1. The van der Waals surface area contributed by atoms with Crippen molar-refractivity contribution in [2.24, 2.45) is 0 Å². The van der Waals surface area contributed by atoms with Crippen LogP contribution in [0, 0.1) is 6.92 Å². The van der Waals surface area contributed by atoms with Crippen molar-refractivity contribution >= 4 is 0 Å². The highest BCUT2D eigenvalue weighted by Crippen LogP contribution is 2.33. The molecule has 2 unspecified atom stereocenters. The SMILES string of the molecule is Cc1cccc(OC2COc3ccccc3C2O)c1. The molecule has 0 amide bonds. The van der Waals surface area contributed by atoms with Crippen LogP contribution in [0.5, 0.6) is 11.5 Å². The summed E-state index contributed by atoms with van der Waals surface area (Å²) in [5.74, 6) is 1.49. The third-order valence-corrected chi connectivity index (χ3v) is 3.27. The zero-order chi connectivity index (χ0) is 13.2. The van der Waals surface area contributed by atoms with E-state index in [0.29, 0.717) is 6.61 Å². The Hall–Kier alpha value is -2.00. The van der Waals surface area contributed by atoms with Crippen LogP contribution in [0.15, 0.2) is 48.5 Å². The van der Waals surface area contributed by atoms with Gasteiger partial charge in [-0.05, 0) is 30.7 Å². The van der Waals surface area contributed by atoms with E-state index in [1.54, 1.807) is 0 Å². The predicted molar refractivity (Wildman–Crippen MR) is 72.5 cm³/mol. The van der Waals surface area contributed by atoms with Gasteiger partial charge >= 0.3 is 0 Å². The van der Waals surface area contributed by atoms with Crippen LogP contribution < -0.4 is 9.47 Å². The number of benzene rings is 2. The summed E-state index contributed by atoms with van der Waals surface area (Å²) in [4.78, 5) is 0. The van der Waals surface area contributed by atoms with Gasteiger partial charge in [0.2, 0.25) is 0 Å². The van der Waals surface area contributed by atoms with Crippen LogP contribution in [0.1, 0.15) is 17.2 Å². The van der Waals surface area contributed by atoms with Crippen molar-refractivity contribution in [2.75, 3.05) is 6.61 Å². The summed E-state index contributed by atoms with van der Waals surface area (Å²) in [7, 11) is 0. The van der Waals surface area contributed by atoms with E-state index in [1.165, 1.54) is 0 Å². The molecule has 0 aliphatic carbocycles. The fourth-order valence-electron chi connectivity index (χ4n) is 2.28. The normalized spacial score (nSPS) is 21.4. The molecule has 0 aromatic heterocycles. The first kappa shape index (κ1) is 12.1. The lowest BCUT2D eigenvalue weighted by atomic mass is 10.0. The van der Waals surface area contributed by atoms with Crippen LogP contribution >= 0.6 is 0 Å². The lowest BCUT2D eigenvalue weighted by molar-refractivity contribution is -0.0103. The maximum atomic E-state index is 10.3. The van der Waals surface area contributed by atoms with E-state index in [4.69, 9.17) is 9.47 Å². The standard InChI is InChI=1S/C16H16O3/c1-11-5-4-6-12(9-11)19-15-10-18-14-8-3-2-7-13(14)16(15)17/h2-9,15-17H,10H2,1H3. The zero-order valence-electron chi connectivity index (χ0n) is 10.7. The number of aliphatic hydroxyl groups excluding tert-OH is 1. The molecule has 0 spiro atoms. The van der Waals surface area contributed by atoms with E-state index < -0.39 is 6.10 Å². The van der Waals surface area contributed by atoms with E-state index >= 15 is 0 Å². The van der Waals surface area contributed by atoms with Gasteiger partial charge in [0.25, 0.3) is 0 Å². The molecule has 0 saturated heterocycles. The topological polar surface area (TPSA) is 38.7 Å². The highest BCUT2D eigenvalue weighted by Gasteiger charge is 2.30. The molecule has 0 radical (unpaired) electrons. The Labute approximate surface area is 112 Å². The van der Waals surface area contributed by atoms with Gasteiger partial charge in [-0.15, -0.1) is 0 Å². The number of ether oxygens (including phenoxy) is 2. The molecule has 0 saturated carbocycles. The minimum Gasteiger partial charge on any atom is -0.489 e. The van der Waals surface area contributed by atoms with Gasteiger partial charge in [0.05, 0.1) is 0 Å². The molecule has 1 heterocycles. The molecule has 19 heavy (non-hydrogen) atoms. The Morgan fingerprint density at radius 2 is 2.00 bits per heavy atom. The van der Waals surface area contributed by atoms with Gasteiger partial charge in [-0.1, -0.05) is 30.3 Å². The summed E-state index contributed by atoms with van der Waals surface area (Å²) in [5.41, 5.74) is 1.91. The van der Waals surface area contributed by atoms with Gasteiger partial charge in [0.1, 0.15) is 24.2 Å². The quantitative estimate of drug-likeness (QED) is 0.898. The fourth-order valence-corrected chi connectivity index (χ4v) is 2.28. The zero-order valence-corrected chi connectivity index (χ0v) is 10.7. The van der Waals surface area contributed by atoms with Crippen molar-refractivity contribution in [2.45, 2.75) is 19.1 Å². The average Bonchev–Trinajstić information content (AvgIpc) is 2.42. The summed E-state index contributed by atoms with van der Waals surface area (Å²) in [5, 5.41) is 10.3. The third kappa shape index (κ3) is 2.42. The minimum atomic E-state index is -0.662. The molecule has 3 rings (SSSR count). The summed E-state index contributed by atoms with van der Waals surface area (Å²) < 4.78 is 11.5. The third-order valence-electron chi connectivity index (χ3n) is 3.27. The molecule has 0 bridgehead atoms. The molecule has 2 aromatic carbocycles. The van der Waals surface area contributed by atoms with Crippen LogP contribution in [0.2, 0.25) is 0 Å². The second-order valence-electron chi connectivity index (χ2n) is 4.77. The van der Waals surface area contributed by atoms with E-state index in [-0.39, 0.29) is 6.10 Å². The van der Waals surface area contributed by atoms with Crippen LogP contribution in [-0.2, 0) is 0 Å². The van der Waals surface area contributed by atoms with Crippen molar-refractivity contribution in [1.29, 1.82) is 0 Å². The highest BCUT2D eigenvalue weighted by molar-refractivity contribution is 5.38. The number of hydrogen-bond acceptors (Lipinski definition) is 3. The number of fused-ring (bicyclic) bond motifs is 1. The summed E-state index contributed by atoms with van der Waals surface area (Å²) >= 11 is 0. The van der Waals surface area contributed by atoms with Crippen LogP contribution in [0.4, 0.5) is 0 Å². The first-order valence-electron chi connectivity index (χ1n) is 6.37. The van der Waals surface area contributed by atoms with E-state index in [9.17, 15) is 5.11 Å². The van der Waals surface area contributed by atoms with Crippen LogP contribution in [0.25, 0.3) is 0 Å². The van der Waals surface area contributed by atoms with E-state index in [0.717, 1.165) is 22.6 Å². The second kappa shape index (κ2) is 4.94. The largest absolute Gasteiger partial charge is 0.489 e. The van der Waals surface area contributed by atoms with Crippen molar-refractivity contribution in [3.63, 3.8) is 0 Å². The van der Waals surface area contributed by atoms with E-state index in [2.05, 4.69) is 0 Å². The molecular weight excluding hydrogens is 240 g/mol. The summed E-state index contributed by atoms with van der Waals surface area (Å²) in [6.07, 6.45) is -1.04. The highest BCUT2D eigenvalue weighted by atomic mass is 16.5. The maximum Gasteiger partial charge on any atom is 0.163 e. The second-order valence-corrected chi connectivity index (χ2v) is 4.77. The lowest BCUT2D eigenvalue weighted by Crippen LogP contribution is -2.35. The minimum absolute atomic E-state index is 0.353. The van der Waals surface area contributed by atoms with Gasteiger partial charge in [-0.2, -0.15) is 0 Å². The molecule has 2 atom stereocenters. The van der Waals surface area contributed by atoms with Crippen LogP contribution in [-0.4, -0.2) is 17.8 Å². The maximum absolute atomic E-state index is 10.3. The van der Waals surface area contributed by atoms with Crippen molar-refractivity contribution in [1.82, 2.24) is 0 Å².